The van der Waals surface area contributed by atoms with Gasteiger partial charge in [-0.1, -0.05) is 0 Å². The molecule has 0 amide bonds. The molecule has 2 bridgehead atoms. The van der Waals surface area contributed by atoms with E-state index in [0.29, 0.717) is 12.1 Å². The van der Waals surface area contributed by atoms with Gasteiger partial charge in [-0.05, 0) is 37.7 Å². The number of carboxylic acids is 1. The highest BCUT2D eigenvalue weighted by molar-refractivity contribution is 5.67. The molecule has 112 valence electrons. The molecule has 0 aromatic carbocycles. The first-order valence-electron chi connectivity index (χ1n) is 7.15. The largest absolute Gasteiger partial charge is 0.481 e. The van der Waals surface area contributed by atoms with E-state index in [2.05, 4.69) is 9.88 Å². The number of pyridine rings is 1. The van der Waals surface area contributed by atoms with E-state index in [1.54, 1.807) is 6.07 Å². The summed E-state index contributed by atoms with van der Waals surface area (Å²) in [5, 5.41) is 19.6. The Morgan fingerprint density at radius 3 is 2.52 bits per heavy atom. The molecule has 0 aliphatic carbocycles. The number of hydrogen-bond acceptors (Lipinski definition) is 5. The maximum atomic E-state index is 10.9. The second kappa shape index (κ2) is 5.31. The van der Waals surface area contributed by atoms with E-state index in [1.165, 1.54) is 12.3 Å². The molecule has 1 N–H and O–H groups in total. The van der Waals surface area contributed by atoms with Crippen LogP contribution in [0.2, 0.25) is 0 Å². The molecule has 3 heterocycles. The fourth-order valence-electron chi connectivity index (χ4n) is 3.72. The summed E-state index contributed by atoms with van der Waals surface area (Å²) in [6.45, 7) is 0. The summed E-state index contributed by atoms with van der Waals surface area (Å²) in [7, 11) is 0. The Labute approximate surface area is 121 Å². The molecule has 7 nitrogen and oxygen atoms in total. The second-order valence-corrected chi connectivity index (χ2v) is 5.86. The van der Waals surface area contributed by atoms with Gasteiger partial charge in [-0.25, -0.2) is 4.98 Å². The normalized spacial score (nSPS) is 27.6. The predicted molar refractivity (Wildman–Crippen MR) is 75.2 cm³/mol. The molecule has 2 saturated heterocycles. The van der Waals surface area contributed by atoms with Crippen LogP contribution in [-0.4, -0.2) is 33.1 Å². The van der Waals surface area contributed by atoms with Crippen LogP contribution in [0.4, 0.5) is 11.5 Å². The summed E-state index contributed by atoms with van der Waals surface area (Å²) in [5.41, 5.74) is -0.00754. The zero-order valence-corrected chi connectivity index (χ0v) is 11.5. The Balaban J connectivity index is 1.75. The number of fused-ring (bicyclic) bond motifs is 2. The molecule has 2 atom stereocenters. The van der Waals surface area contributed by atoms with Crippen LogP contribution >= 0.6 is 0 Å². The average molecular weight is 291 g/mol. The van der Waals surface area contributed by atoms with Gasteiger partial charge in [0, 0.05) is 24.6 Å². The topological polar surface area (TPSA) is 96.6 Å². The number of aliphatic carboxylic acids is 1. The fraction of sp³-hybridized carbons (Fsp3) is 0.571. The first-order valence-corrected chi connectivity index (χ1v) is 7.15. The first-order chi connectivity index (χ1) is 10.0. The van der Waals surface area contributed by atoms with E-state index in [1.807, 2.05) is 0 Å². The quantitative estimate of drug-likeness (QED) is 0.674. The van der Waals surface area contributed by atoms with Gasteiger partial charge < -0.3 is 10.0 Å². The molecule has 0 radical (unpaired) electrons. The van der Waals surface area contributed by atoms with Crippen molar-refractivity contribution in [1.29, 1.82) is 0 Å². The van der Waals surface area contributed by atoms with Gasteiger partial charge in [-0.15, -0.1) is 0 Å². The second-order valence-electron chi connectivity index (χ2n) is 5.86. The van der Waals surface area contributed by atoms with E-state index in [-0.39, 0.29) is 18.0 Å². The monoisotopic (exact) mass is 291 g/mol. The minimum atomic E-state index is -0.735. The zero-order chi connectivity index (χ0) is 15.0. The fourth-order valence-corrected chi connectivity index (χ4v) is 3.72. The molecule has 2 unspecified atom stereocenters. The van der Waals surface area contributed by atoms with Gasteiger partial charge in [0.25, 0.3) is 5.69 Å². The molecule has 2 aliphatic heterocycles. The maximum absolute atomic E-state index is 10.9. The third kappa shape index (κ3) is 2.68. The smallest absolute Gasteiger partial charge is 0.303 e. The minimum Gasteiger partial charge on any atom is -0.481 e. The van der Waals surface area contributed by atoms with Gasteiger partial charge in [-0.3, -0.25) is 14.9 Å². The lowest BCUT2D eigenvalue weighted by molar-refractivity contribution is -0.385. The molecule has 0 spiro atoms. The van der Waals surface area contributed by atoms with Gasteiger partial charge in [0.1, 0.15) is 12.0 Å². The van der Waals surface area contributed by atoms with E-state index >= 15 is 0 Å². The molecule has 1 aromatic heterocycles. The van der Waals surface area contributed by atoms with Gasteiger partial charge in [0.05, 0.1) is 4.92 Å². The third-order valence-electron chi connectivity index (χ3n) is 4.50. The van der Waals surface area contributed by atoms with Crippen LogP contribution in [0.25, 0.3) is 0 Å². The summed E-state index contributed by atoms with van der Waals surface area (Å²) >= 11 is 0. The Kier molecular flexibility index (Phi) is 3.48. The summed E-state index contributed by atoms with van der Waals surface area (Å²) in [4.78, 5) is 27.5. The molecule has 3 rings (SSSR count). The van der Waals surface area contributed by atoms with Crippen molar-refractivity contribution in [3.63, 3.8) is 0 Å². The average Bonchev–Trinajstić information content (AvgIpc) is 2.70. The van der Waals surface area contributed by atoms with E-state index in [0.717, 1.165) is 31.5 Å². The zero-order valence-electron chi connectivity index (χ0n) is 11.5. The summed E-state index contributed by atoms with van der Waals surface area (Å²) in [6.07, 6.45) is 5.33. The molecule has 21 heavy (non-hydrogen) atoms. The van der Waals surface area contributed by atoms with Crippen LogP contribution in [-0.2, 0) is 4.79 Å². The van der Waals surface area contributed by atoms with Crippen molar-refractivity contribution >= 4 is 17.5 Å². The number of anilines is 1. The molecule has 1 aromatic rings. The summed E-state index contributed by atoms with van der Waals surface area (Å²) in [6, 6.07) is 3.79. The van der Waals surface area contributed by atoms with Crippen molar-refractivity contribution in [3.05, 3.63) is 28.4 Å². The van der Waals surface area contributed by atoms with Crippen molar-refractivity contribution in [1.82, 2.24) is 4.98 Å². The molecule has 0 saturated carbocycles. The SMILES string of the molecule is O=C(O)CC1CC2CCC(C1)N2c1ccc([N+](=O)[O-])cn1. The lowest BCUT2D eigenvalue weighted by atomic mass is 9.88. The van der Waals surface area contributed by atoms with Gasteiger partial charge in [0.2, 0.25) is 0 Å². The number of carboxylic acid groups (broad SMARTS) is 1. The van der Waals surface area contributed by atoms with Crippen molar-refractivity contribution in [2.45, 2.75) is 44.2 Å². The van der Waals surface area contributed by atoms with Crippen LogP contribution in [0, 0.1) is 16.0 Å². The van der Waals surface area contributed by atoms with Gasteiger partial charge >= 0.3 is 5.97 Å². The van der Waals surface area contributed by atoms with Crippen molar-refractivity contribution < 1.29 is 14.8 Å². The summed E-state index contributed by atoms with van der Waals surface area (Å²) in [5.74, 6) is 0.262. The minimum absolute atomic E-state index is 0.00754. The number of carbonyl (C=O) groups is 1. The molecular formula is C14H17N3O4. The maximum Gasteiger partial charge on any atom is 0.303 e. The van der Waals surface area contributed by atoms with Crippen molar-refractivity contribution in [3.8, 4) is 0 Å². The molecule has 2 fully saturated rings. The van der Waals surface area contributed by atoms with Crippen LogP contribution in [0.15, 0.2) is 18.3 Å². The van der Waals surface area contributed by atoms with E-state index in [4.69, 9.17) is 5.11 Å². The number of nitrogens with zero attached hydrogens (tertiary/aromatic N) is 3. The van der Waals surface area contributed by atoms with Crippen LogP contribution in [0.5, 0.6) is 0 Å². The lowest BCUT2D eigenvalue weighted by Gasteiger charge is -2.39. The highest BCUT2D eigenvalue weighted by Gasteiger charge is 2.41. The number of rotatable bonds is 4. The van der Waals surface area contributed by atoms with Gasteiger partial charge in [0.15, 0.2) is 0 Å². The van der Waals surface area contributed by atoms with E-state index < -0.39 is 10.9 Å². The van der Waals surface area contributed by atoms with Crippen LogP contribution in [0.1, 0.15) is 32.1 Å². The van der Waals surface area contributed by atoms with Crippen LogP contribution in [0.3, 0.4) is 0 Å². The molecule has 7 heteroatoms. The van der Waals surface area contributed by atoms with Gasteiger partial charge in [-0.2, -0.15) is 0 Å². The Morgan fingerprint density at radius 2 is 2.05 bits per heavy atom. The summed E-state index contributed by atoms with van der Waals surface area (Å²) < 4.78 is 0. The van der Waals surface area contributed by atoms with Crippen molar-refractivity contribution in [2.24, 2.45) is 5.92 Å². The first kappa shape index (κ1) is 13.8. The van der Waals surface area contributed by atoms with E-state index in [9.17, 15) is 14.9 Å². The van der Waals surface area contributed by atoms with Crippen LogP contribution < -0.4 is 4.90 Å². The Hall–Kier alpha value is -2.18. The molecular weight excluding hydrogens is 274 g/mol. The highest BCUT2D eigenvalue weighted by Crippen LogP contribution is 2.42. The Morgan fingerprint density at radius 1 is 1.38 bits per heavy atom. The number of piperidine rings is 1. The lowest BCUT2D eigenvalue weighted by Crippen LogP contribution is -2.43. The van der Waals surface area contributed by atoms with Crippen molar-refractivity contribution in [2.75, 3.05) is 4.90 Å². The highest BCUT2D eigenvalue weighted by atomic mass is 16.6. The third-order valence-corrected chi connectivity index (χ3v) is 4.50. The Bertz CT molecular complexity index is 546. The molecule has 2 aliphatic rings. The predicted octanol–water partition coefficient (Wildman–Crippen LogP) is 2.21. The number of hydrogen-bond donors (Lipinski definition) is 1. The number of nitro groups is 1. The number of aromatic nitrogens is 1. The standard InChI is InChI=1S/C14H17N3O4/c18-14(19)7-9-5-10-1-2-11(6-9)16(10)13-4-3-12(8-15-13)17(20)21/h3-4,8-11H,1-2,5-7H2,(H,18,19).